The number of nitrogens with two attached hydrogens (primary N) is 1. The lowest BCUT2D eigenvalue weighted by Crippen LogP contribution is -1.97. The van der Waals surface area contributed by atoms with Crippen molar-refractivity contribution < 1.29 is 0 Å². The standard InChI is InChI=1S/C11H9Br2N3/c12-7-4-5-9(8(13)6-7)15-11-3-1-2-10(14)16-11/h1-6H,(H3,14,15,16). The lowest BCUT2D eigenvalue weighted by molar-refractivity contribution is 1.31. The number of rotatable bonds is 2. The smallest absolute Gasteiger partial charge is 0.132 e. The van der Waals surface area contributed by atoms with Crippen LogP contribution in [-0.2, 0) is 0 Å². The van der Waals surface area contributed by atoms with Gasteiger partial charge in [0.15, 0.2) is 0 Å². The highest BCUT2D eigenvalue weighted by molar-refractivity contribution is 9.11. The van der Waals surface area contributed by atoms with Crippen molar-refractivity contribution >= 4 is 49.2 Å². The molecule has 1 heterocycles. The number of hydrogen-bond donors (Lipinski definition) is 2. The van der Waals surface area contributed by atoms with Gasteiger partial charge in [-0.1, -0.05) is 22.0 Å². The second kappa shape index (κ2) is 4.84. The fraction of sp³-hybridized carbons (Fsp3) is 0. The molecule has 0 atom stereocenters. The molecular formula is C11H9Br2N3. The number of nitrogens with zero attached hydrogens (tertiary/aromatic N) is 1. The molecule has 0 saturated heterocycles. The minimum absolute atomic E-state index is 0.498. The third-order valence-electron chi connectivity index (χ3n) is 1.96. The summed E-state index contributed by atoms with van der Waals surface area (Å²) < 4.78 is 1.98. The van der Waals surface area contributed by atoms with E-state index in [2.05, 4.69) is 42.2 Å². The quantitative estimate of drug-likeness (QED) is 0.869. The first kappa shape index (κ1) is 11.4. The summed E-state index contributed by atoms with van der Waals surface area (Å²) in [5.74, 6) is 1.22. The summed E-state index contributed by atoms with van der Waals surface area (Å²) in [6, 6.07) is 11.4. The van der Waals surface area contributed by atoms with Gasteiger partial charge in [-0.05, 0) is 46.3 Å². The summed E-state index contributed by atoms with van der Waals surface area (Å²) in [7, 11) is 0. The predicted molar refractivity (Wildman–Crippen MR) is 73.8 cm³/mol. The van der Waals surface area contributed by atoms with Gasteiger partial charge < -0.3 is 11.1 Å². The number of anilines is 3. The first-order valence-corrected chi connectivity index (χ1v) is 6.18. The Balaban J connectivity index is 2.27. The van der Waals surface area contributed by atoms with E-state index in [-0.39, 0.29) is 0 Å². The Morgan fingerprint density at radius 3 is 2.62 bits per heavy atom. The highest BCUT2D eigenvalue weighted by atomic mass is 79.9. The Morgan fingerprint density at radius 2 is 1.94 bits per heavy atom. The molecule has 3 nitrogen and oxygen atoms in total. The van der Waals surface area contributed by atoms with Gasteiger partial charge >= 0.3 is 0 Å². The normalized spacial score (nSPS) is 10.1. The molecule has 0 saturated carbocycles. The van der Waals surface area contributed by atoms with E-state index in [0.717, 1.165) is 20.5 Å². The fourth-order valence-corrected chi connectivity index (χ4v) is 2.40. The van der Waals surface area contributed by atoms with E-state index in [1.807, 2.05) is 30.3 Å². The lowest BCUT2D eigenvalue weighted by atomic mass is 10.3. The van der Waals surface area contributed by atoms with Crippen LogP contribution in [0.25, 0.3) is 0 Å². The van der Waals surface area contributed by atoms with Gasteiger partial charge in [-0.3, -0.25) is 0 Å². The van der Waals surface area contributed by atoms with Gasteiger partial charge in [0.05, 0.1) is 5.69 Å². The minimum Gasteiger partial charge on any atom is -0.384 e. The van der Waals surface area contributed by atoms with Crippen LogP contribution >= 0.6 is 31.9 Å². The van der Waals surface area contributed by atoms with Gasteiger partial charge in [-0.15, -0.1) is 0 Å². The first-order valence-electron chi connectivity index (χ1n) is 4.60. The van der Waals surface area contributed by atoms with E-state index in [1.165, 1.54) is 0 Å². The predicted octanol–water partition coefficient (Wildman–Crippen LogP) is 3.93. The lowest BCUT2D eigenvalue weighted by Gasteiger charge is -2.08. The number of benzene rings is 1. The molecule has 0 aliphatic heterocycles. The molecule has 0 bridgehead atoms. The zero-order valence-corrected chi connectivity index (χ0v) is 11.4. The minimum atomic E-state index is 0.498. The molecule has 0 aliphatic rings. The highest BCUT2D eigenvalue weighted by Crippen LogP contribution is 2.28. The van der Waals surface area contributed by atoms with Gasteiger partial charge in [-0.25, -0.2) is 4.98 Å². The largest absolute Gasteiger partial charge is 0.384 e. The maximum Gasteiger partial charge on any atom is 0.132 e. The van der Waals surface area contributed by atoms with Crippen LogP contribution in [0.4, 0.5) is 17.3 Å². The van der Waals surface area contributed by atoms with E-state index < -0.39 is 0 Å². The zero-order valence-electron chi connectivity index (χ0n) is 8.24. The Morgan fingerprint density at radius 1 is 1.12 bits per heavy atom. The van der Waals surface area contributed by atoms with Gasteiger partial charge in [-0.2, -0.15) is 0 Å². The molecule has 0 unspecified atom stereocenters. The molecule has 0 fully saturated rings. The molecule has 2 aromatic rings. The topological polar surface area (TPSA) is 50.9 Å². The van der Waals surface area contributed by atoms with Crippen molar-refractivity contribution in [2.24, 2.45) is 0 Å². The molecule has 5 heteroatoms. The number of halogens is 2. The Bertz CT molecular complexity index is 514. The molecule has 1 aromatic carbocycles. The number of nitrogen functional groups attached to an aromatic ring is 1. The molecule has 82 valence electrons. The zero-order chi connectivity index (χ0) is 11.5. The Kier molecular flexibility index (Phi) is 3.46. The van der Waals surface area contributed by atoms with Crippen molar-refractivity contribution in [3.8, 4) is 0 Å². The second-order valence-electron chi connectivity index (χ2n) is 3.20. The molecule has 1 aromatic heterocycles. The fourth-order valence-electron chi connectivity index (χ4n) is 1.25. The van der Waals surface area contributed by atoms with Crippen LogP contribution in [0.2, 0.25) is 0 Å². The number of hydrogen-bond acceptors (Lipinski definition) is 3. The highest BCUT2D eigenvalue weighted by Gasteiger charge is 2.01. The van der Waals surface area contributed by atoms with Gasteiger partial charge in [0.1, 0.15) is 11.6 Å². The van der Waals surface area contributed by atoms with Crippen molar-refractivity contribution in [2.75, 3.05) is 11.1 Å². The molecule has 0 amide bonds. The summed E-state index contributed by atoms with van der Waals surface area (Å²) in [6.07, 6.45) is 0. The van der Waals surface area contributed by atoms with Crippen LogP contribution in [0, 0.1) is 0 Å². The Hall–Kier alpha value is -1.07. The summed E-state index contributed by atoms with van der Waals surface area (Å²) in [4.78, 5) is 4.17. The van der Waals surface area contributed by atoms with Gasteiger partial charge in [0, 0.05) is 8.95 Å². The molecule has 0 spiro atoms. The van der Waals surface area contributed by atoms with E-state index >= 15 is 0 Å². The van der Waals surface area contributed by atoms with Crippen molar-refractivity contribution in [2.45, 2.75) is 0 Å². The summed E-state index contributed by atoms with van der Waals surface area (Å²) >= 11 is 6.87. The summed E-state index contributed by atoms with van der Waals surface area (Å²) in [5, 5.41) is 3.18. The molecule has 16 heavy (non-hydrogen) atoms. The SMILES string of the molecule is Nc1cccc(Nc2ccc(Br)cc2Br)n1. The maximum atomic E-state index is 5.60. The van der Waals surface area contributed by atoms with E-state index in [0.29, 0.717) is 5.82 Å². The average Bonchev–Trinajstić information content (AvgIpc) is 2.22. The van der Waals surface area contributed by atoms with Gasteiger partial charge in [0.2, 0.25) is 0 Å². The first-order chi connectivity index (χ1) is 7.65. The maximum absolute atomic E-state index is 5.60. The molecular weight excluding hydrogens is 334 g/mol. The third-order valence-corrected chi connectivity index (χ3v) is 3.11. The average molecular weight is 343 g/mol. The monoisotopic (exact) mass is 341 g/mol. The number of pyridine rings is 1. The van der Waals surface area contributed by atoms with Gasteiger partial charge in [0.25, 0.3) is 0 Å². The van der Waals surface area contributed by atoms with Crippen LogP contribution in [0.15, 0.2) is 45.3 Å². The van der Waals surface area contributed by atoms with Crippen molar-refractivity contribution in [1.29, 1.82) is 0 Å². The van der Waals surface area contributed by atoms with Crippen molar-refractivity contribution in [3.63, 3.8) is 0 Å². The van der Waals surface area contributed by atoms with E-state index in [1.54, 1.807) is 6.07 Å². The van der Waals surface area contributed by atoms with Crippen LogP contribution in [-0.4, -0.2) is 4.98 Å². The molecule has 0 radical (unpaired) electrons. The third kappa shape index (κ3) is 2.74. The number of aromatic nitrogens is 1. The van der Waals surface area contributed by atoms with Crippen molar-refractivity contribution in [3.05, 3.63) is 45.3 Å². The van der Waals surface area contributed by atoms with Crippen LogP contribution in [0.1, 0.15) is 0 Å². The summed E-state index contributed by atoms with van der Waals surface area (Å²) in [6.45, 7) is 0. The molecule has 0 aliphatic carbocycles. The van der Waals surface area contributed by atoms with Crippen molar-refractivity contribution in [1.82, 2.24) is 4.98 Å². The summed E-state index contributed by atoms with van der Waals surface area (Å²) in [5.41, 5.74) is 6.55. The van der Waals surface area contributed by atoms with Crippen LogP contribution < -0.4 is 11.1 Å². The molecule has 3 N–H and O–H groups in total. The van der Waals surface area contributed by atoms with Crippen LogP contribution in [0.3, 0.4) is 0 Å². The van der Waals surface area contributed by atoms with E-state index in [4.69, 9.17) is 5.73 Å². The molecule has 2 rings (SSSR count). The Labute approximate surface area is 110 Å². The van der Waals surface area contributed by atoms with Crippen LogP contribution in [0.5, 0.6) is 0 Å². The number of nitrogens with one attached hydrogen (secondary N) is 1. The van der Waals surface area contributed by atoms with E-state index in [9.17, 15) is 0 Å². The second-order valence-corrected chi connectivity index (χ2v) is 4.97.